The lowest BCUT2D eigenvalue weighted by atomic mass is 9.96. The van der Waals surface area contributed by atoms with Crippen molar-refractivity contribution in [2.75, 3.05) is 0 Å². The van der Waals surface area contributed by atoms with E-state index in [4.69, 9.17) is 0 Å². The Hall–Kier alpha value is -2.99. The van der Waals surface area contributed by atoms with Crippen LogP contribution in [0.15, 0.2) is 42.6 Å². The monoisotopic (exact) mass is 340 g/mol. The minimum Gasteiger partial charge on any atom is -0.507 e. The molecule has 25 heavy (non-hydrogen) atoms. The number of nitrogens with zero attached hydrogens (tertiary/aromatic N) is 1. The van der Waals surface area contributed by atoms with E-state index in [1.165, 1.54) is 18.3 Å². The Balaban J connectivity index is 1.97. The highest BCUT2D eigenvalue weighted by atomic mass is 19.1. The standard InChI is InChI=1S/C19H17FN2O3/c1-11(22-9-12-4-6-13(20)7-5-12)16-15(10-23)19(25)17-14(18(16)24)3-2-8-21-17/h2-8,10-11,22,24-25H,9H2,1H3. The normalized spacial score (nSPS) is 12.2. The van der Waals surface area contributed by atoms with Gasteiger partial charge in [-0.15, -0.1) is 0 Å². The average molecular weight is 340 g/mol. The third-order valence-electron chi connectivity index (χ3n) is 4.16. The van der Waals surface area contributed by atoms with Gasteiger partial charge in [0.1, 0.15) is 17.1 Å². The fourth-order valence-electron chi connectivity index (χ4n) is 2.85. The molecular formula is C19H17FN2O3. The molecule has 128 valence electrons. The van der Waals surface area contributed by atoms with Crippen molar-refractivity contribution in [3.8, 4) is 11.5 Å². The number of hydrogen-bond acceptors (Lipinski definition) is 5. The molecule has 0 aliphatic carbocycles. The number of hydrogen-bond donors (Lipinski definition) is 3. The predicted molar refractivity (Wildman–Crippen MR) is 92.1 cm³/mol. The van der Waals surface area contributed by atoms with E-state index in [0.29, 0.717) is 23.8 Å². The number of rotatable bonds is 5. The zero-order chi connectivity index (χ0) is 18.0. The van der Waals surface area contributed by atoms with Crippen LogP contribution < -0.4 is 5.32 Å². The largest absolute Gasteiger partial charge is 0.507 e. The van der Waals surface area contributed by atoms with Crippen molar-refractivity contribution in [2.24, 2.45) is 0 Å². The van der Waals surface area contributed by atoms with E-state index < -0.39 is 6.04 Å². The maximum Gasteiger partial charge on any atom is 0.154 e. The molecule has 1 aromatic heterocycles. The Morgan fingerprint density at radius 1 is 1.20 bits per heavy atom. The number of carbonyl (C=O) groups is 1. The van der Waals surface area contributed by atoms with Crippen molar-refractivity contribution in [1.82, 2.24) is 10.3 Å². The molecule has 0 saturated carbocycles. The van der Waals surface area contributed by atoms with Gasteiger partial charge in [0.15, 0.2) is 12.0 Å². The van der Waals surface area contributed by atoms with Gasteiger partial charge < -0.3 is 15.5 Å². The van der Waals surface area contributed by atoms with Crippen LogP contribution in [0, 0.1) is 5.82 Å². The third-order valence-corrected chi connectivity index (χ3v) is 4.16. The minimum atomic E-state index is -0.430. The van der Waals surface area contributed by atoms with Crippen molar-refractivity contribution >= 4 is 17.2 Å². The number of fused-ring (bicyclic) bond motifs is 1. The Labute approximate surface area is 143 Å². The highest BCUT2D eigenvalue weighted by Gasteiger charge is 2.23. The van der Waals surface area contributed by atoms with Crippen molar-refractivity contribution < 1.29 is 19.4 Å². The number of aromatic hydroxyl groups is 2. The van der Waals surface area contributed by atoms with Crippen LogP contribution in [0.1, 0.15) is 34.5 Å². The zero-order valence-electron chi connectivity index (χ0n) is 13.5. The second-order valence-electron chi connectivity index (χ2n) is 5.77. The van der Waals surface area contributed by atoms with E-state index in [1.54, 1.807) is 31.2 Å². The molecule has 1 heterocycles. The summed E-state index contributed by atoms with van der Waals surface area (Å²) >= 11 is 0. The highest BCUT2D eigenvalue weighted by Crippen LogP contribution is 2.40. The third kappa shape index (κ3) is 3.16. The summed E-state index contributed by atoms with van der Waals surface area (Å²) in [5.41, 5.74) is 1.33. The molecule has 5 nitrogen and oxygen atoms in total. The highest BCUT2D eigenvalue weighted by molar-refractivity contribution is 5.99. The van der Waals surface area contributed by atoms with E-state index in [9.17, 15) is 19.4 Å². The van der Waals surface area contributed by atoms with Gasteiger partial charge in [-0.25, -0.2) is 4.39 Å². The van der Waals surface area contributed by atoms with Crippen molar-refractivity contribution in [2.45, 2.75) is 19.5 Å². The van der Waals surface area contributed by atoms with E-state index >= 15 is 0 Å². The zero-order valence-corrected chi connectivity index (χ0v) is 13.5. The molecule has 0 bridgehead atoms. The summed E-state index contributed by atoms with van der Waals surface area (Å²) in [6.07, 6.45) is 1.99. The van der Waals surface area contributed by atoms with Crippen molar-refractivity contribution in [3.05, 3.63) is 65.1 Å². The number of nitrogens with one attached hydrogen (secondary N) is 1. The number of phenolic OH excluding ortho intramolecular Hbond substituents is 2. The van der Waals surface area contributed by atoms with Crippen LogP contribution in [0.5, 0.6) is 11.5 Å². The van der Waals surface area contributed by atoms with Gasteiger partial charge in [0, 0.05) is 29.7 Å². The molecule has 1 atom stereocenters. The van der Waals surface area contributed by atoms with Gasteiger partial charge >= 0.3 is 0 Å². The molecule has 0 amide bonds. The van der Waals surface area contributed by atoms with Gasteiger partial charge in [-0.05, 0) is 36.8 Å². The Morgan fingerprint density at radius 2 is 1.92 bits per heavy atom. The molecule has 2 aromatic carbocycles. The molecule has 3 N–H and O–H groups in total. The molecule has 0 spiro atoms. The van der Waals surface area contributed by atoms with Gasteiger partial charge in [0.05, 0.1) is 5.56 Å². The molecule has 6 heteroatoms. The summed E-state index contributed by atoms with van der Waals surface area (Å²) in [7, 11) is 0. The second kappa shape index (κ2) is 6.86. The number of benzene rings is 2. The first-order valence-electron chi connectivity index (χ1n) is 7.78. The van der Waals surface area contributed by atoms with E-state index in [0.717, 1.165) is 5.56 Å². The summed E-state index contributed by atoms with van der Waals surface area (Å²) in [5.74, 6) is -0.666. The summed E-state index contributed by atoms with van der Waals surface area (Å²) < 4.78 is 13.0. The smallest absolute Gasteiger partial charge is 0.154 e. The summed E-state index contributed by atoms with van der Waals surface area (Å²) in [5, 5.41) is 24.5. The maximum absolute atomic E-state index is 13.0. The van der Waals surface area contributed by atoms with Gasteiger partial charge in [0.2, 0.25) is 0 Å². The van der Waals surface area contributed by atoms with Crippen molar-refractivity contribution in [1.29, 1.82) is 0 Å². The van der Waals surface area contributed by atoms with E-state index in [1.807, 2.05) is 0 Å². The quantitative estimate of drug-likeness (QED) is 0.489. The number of aromatic nitrogens is 1. The number of carbonyl (C=O) groups excluding carboxylic acids is 1. The summed E-state index contributed by atoms with van der Waals surface area (Å²) in [4.78, 5) is 15.5. The first-order chi connectivity index (χ1) is 12.0. The van der Waals surface area contributed by atoms with Crippen LogP contribution in [0.3, 0.4) is 0 Å². The van der Waals surface area contributed by atoms with Crippen LogP contribution in [-0.4, -0.2) is 21.5 Å². The minimum absolute atomic E-state index is 0.00260. The first-order valence-corrected chi connectivity index (χ1v) is 7.78. The van der Waals surface area contributed by atoms with Gasteiger partial charge in [0.25, 0.3) is 0 Å². The average Bonchev–Trinajstić information content (AvgIpc) is 2.63. The molecule has 3 aromatic rings. The van der Waals surface area contributed by atoms with Gasteiger partial charge in [-0.3, -0.25) is 9.78 Å². The molecule has 0 radical (unpaired) electrons. The van der Waals surface area contributed by atoms with E-state index in [-0.39, 0.29) is 28.4 Å². The molecule has 0 aliphatic rings. The number of phenols is 2. The second-order valence-corrected chi connectivity index (χ2v) is 5.77. The Bertz CT molecular complexity index is 926. The Morgan fingerprint density at radius 3 is 2.60 bits per heavy atom. The van der Waals surface area contributed by atoms with Crippen LogP contribution in [-0.2, 0) is 6.54 Å². The lowest BCUT2D eigenvalue weighted by Gasteiger charge is -2.20. The van der Waals surface area contributed by atoms with Crippen LogP contribution >= 0.6 is 0 Å². The Kier molecular flexibility index (Phi) is 4.63. The number of aldehydes is 1. The molecule has 3 rings (SSSR count). The fourth-order valence-corrected chi connectivity index (χ4v) is 2.85. The summed E-state index contributed by atoms with van der Waals surface area (Å²) in [6.45, 7) is 2.18. The topological polar surface area (TPSA) is 82.5 Å². The van der Waals surface area contributed by atoms with Gasteiger partial charge in [-0.2, -0.15) is 0 Å². The number of pyridine rings is 1. The molecular weight excluding hydrogens is 323 g/mol. The number of halogens is 1. The lowest BCUT2D eigenvalue weighted by Crippen LogP contribution is -2.19. The van der Waals surface area contributed by atoms with E-state index in [2.05, 4.69) is 10.3 Å². The molecule has 0 aliphatic heterocycles. The van der Waals surface area contributed by atoms with Crippen LogP contribution in [0.25, 0.3) is 10.9 Å². The fraction of sp³-hybridized carbons (Fsp3) is 0.158. The van der Waals surface area contributed by atoms with Crippen molar-refractivity contribution in [3.63, 3.8) is 0 Å². The predicted octanol–water partition coefficient (Wildman–Crippen LogP) is 3.45. The molecule has 1 unspecified atom stereocenters. The SMILES string of the molecule is CC(NCc1ccc(F)cc1)c1c(C=O)c(O)c2ncccc2c1O. The summed E-state index contributed by atoms with van der Waals surface area (Å²) in [6, 6.07) is 8.87. The molecule has 0 fully saturated rings. The first kappa shape index (κ1) is 16.9. The van der Waals surface area contributed by atoms with Gasteiger partial charge in [-0.1, -0.05) is 12.1 Å². The van der Waals surface area contributed by atoms with Crippen LogP contribution in [0.2, 0.25) is 0 Å². The maximum atomic E-state index is 13.0. The van der Waals surface area contributed by atoms with Crippen LogP contribution in [0.4, 0.5) is 4.39 Å². The molecule has 0 saturated heterocycles. The lowest BCUT2D eigenvalue weighted by molar-refractivity contribution is 0.111.